The molecular weight excluding hydrogens is 328 g/mol. The van der Waals surface area contributed by atoms with Crippen LogP contribution in [0.5, 0.6) is 5.75 Å². The van der Waals surface area contributed by atoms with Gasteiger partial charge in [-0.2, -0.15) is 0 Å². The van der Waals surface area contributed by atoms with E-state index in [2.05, 4.69) is 36.6 Å². The molecule has 0 heterocycles. The van der Waals surface area contributed by atoms with Gasteiger partial charge >= 0.3 is 5.97 Å². The number of benzene rings is 1. The third-order valence-corrected chi connectivity index (χ3v) is 3.40. The van der Waals surface area contributed by atoms with Gasteiger partial charge in [-0.1, -0.05) is 22.0 Å². The molecule has 0 aliphatic carbocycles. The summed E-state index contributed by atoms with van der Waals surface area (Å²) in [6.45, 7) is 0. The van der Waals surface area contributed by atoms with E-state index in [-0.39, 0.29) is 5.97 Å². The second-order valence-corrected chi connectivity index (χ2v) is 4.55. The lowest BCUT2D eigenvalue weighted by Gasteiger charge is -2.10. The third-order valence-electron chi connectivity index (χ3n) is 1.88. The maximum absolute atomic E-state index is 11.3. The Hall–Kier alpha value is -0.550. The maximum atomic E-state index is 11.3. The van der Waals surface area contributed by atoms with Gasteiger partial charge in [-0.25, -0.2) is 0 Å². The molecule has 0 spiro atoms. The van der Waals surface area contributed by atoms with Gasteiger partial charge in [0.15, 0.2) is 0 Å². The first-order valence-electron chi connectivity index (χ1n) is 4.15. The predicted octanol–water partition coefficient (Wildman–Crippen LogP) is 3.07. The molecule has 1 rings (SSSR count). The Balaban J connectivity index is 2.97. The second-order valence-electron chi connectivity index (χ2n) is 2.78. The summed E-state index contributed by atoms with van der Waals surface area (Å²) in [7, 11) is 2.95. The molecule has 0 bridgehead atoms. The van der Waals surface area contributed by atoms with Crippen molar-refractivity contribution in [2.75, 3.05) is 14.2 Å². The molecule has 0 amide bonds. The van der Waals surface area contributed by atoms with Gasteiger partial charge in [-0.05, 0) is 33.6 Å². The summed E-state index contributed by atoms with van der Waals surface area (Å²) in [6.07, 6.45) is 0. The van der Waals surface area contributed by atoms with Crippen molar-refractivity contribution in [2.24, 2.45) is 0 Å². The smallest absolute Gasteiger partial charge is 0.323 e. The van der Waals surface area contributed by atoms with Crippen LogP contribution in [-0.2, 0) is 9.53 Å². The molecule has 1 unspecified atom stereocenters. The average Bonchev–Trinajstić information content (AvgIpc) is 2.26. The number of rotatable bonds is 3. The fraction of sp³-hybridized carbons (Fsp3) is 0.300. The van der Waals surface area contributed by atoms with Crippen molar-refractivity contribution in [3.05, 3.63) is 28.2 Å². The maximum Gasteiger partial charge on any atom is 0.323 e. The summed E-state index contributed by atoms with van der Waals surface area (Å²) >= 11 is 6.60. The first-order valence-corrected chi connectivity index (χ1v) is 5.86. The number of esters is 1. The van der Waals surface area contributed by atoms with Crippen molar-refractivity contribution >= 4 is 37.8 Å². The molecule has 82 valence electrons. The number of halogens is 2. The van der Waals surface area contributed by atoms with Crippen LogP contribution in [0.15, 0.2) is 22.7 Å². The predicted molar refractivity (Wildman–Crippen MR) is 64.4 cm³/mol. The fourth-order valence-corrected chi connectivity index (χ4v) is 2.11. The molecule has 15 heavy (non-hydrogen) atoms. The number of alkyl halides is 1. The van der Waals surface area contributed by atoms with E-state index >= 15 is 0 Å². The molecule has 3 nitrogen and oxygen atoms in total. The summed E-state index contributed by atoms with van der Waals surface area (Å²) < 4.78 is 10.5. The largest absolute Gasteiger partial charge is 0.496 e. The molecule has 0 saturated heterocycles. The fourth-order valence-electron chi connectivity index (χ4n) is 1.08. The van der Waals surface area contributed by atoms with E-state index in [4.69, 9.17) is 4.74 Å². The topological polar surface area (TPSA) is 35.5 Å². The lowest BCUT2D eigenvalue weighted by molar-refractivity contribution is -0.139. The first-order chi connectivity index (χ1) is 7.10. The third kappa shape index (κ3) is 2.95. The van der Waals surface area contributed by atoms with Crippen LogP contribution in [0.1, 0.15) is 10.4 Å². The number of hydrogen-bond acceptors (Lipinski definition) is 3. The summed E-state index contributed by atoms with van der Waals surface area (Å²) in [5.41, 5.74) is 0.814. The minimum atomic E-state index is -0.454. The van der Waals surface area contributed by atoms with Gasteiger partial charge < -0.3 is 9.47 Å². The summed E-state index contributed by atoms with van der Waals surface area (Å²) in [5, 5.41) is 0. The average molecular weight is 338 g/mol. The minimum absolute atomic E-state index is 0.327. The quantitative estimate of drug-likeness (QED) is 0.628. The summed E-state index contributed by atoms with van der Waals surface area (Å²) in [6, 6.07) is 5.41. The van der Waals surface area contributed by atoms with Gasteiger partial charge in [-0.15, -0.1) is 0 Å². The molecule has 1 atom stereocenters. The Kier molecular flexibility index (Phi) is 4.60. The van der Waals surface area contributed by atoms with Crippen LogP contribution < -0.4 is 4.74 Å². The molecule has 0 saturated carbocycles. The van der Waals surface area contributed by atoms with Gasteiger partial charge in [0.2, 0.25) is 0 Å². The lowest BCUT2D eigenvalue weighted by Crippen LogP contribution is -2.08. The van der Waals surface area contributed by atoms with E-state index in [0.717, 1.165) is 15.8 Å². The van der Waals surface area contributed by atoms with Crippen molar-refractivity contribution in [3.8, 4) is 5.75 Å². The number of ether oxygens (including phenoxy) is 2. The molecule has 5 heteroatoms. The van der Waals surface area contributed by atoms with E-state index in [0.29, 0.717) is 0 Å². The van der Waals surface area contributed by atoms with Crippen LogP contribution in [0, 0.1) is 0 Å². The standard InChI is InChI=1S/C10H10Br2O3/c1-14-8-4-3-6(5-7(8)11)9(12)10(13)15-2/h3-5,9H,1-2H3. The number of carbonyl (C=O) groups is 1. The number of hydrogen-bond donors (Lipinski definition) is 0. The van der Waals surface area contributed by atoms with Crippen molar-refractivity contribution in [3.63, 3.8) is 0 Å². The van der Waals surface area contributed by atoms with Crippen LogP contribution in [0.3, 0.4) is 0 Å². The van der Waals surface area contributed by atoms with Crippen molar-refractivity contribution in [2.45, 2.75) is 4.83 Å². The Morgan fingerprint density at radius 1 is 1.40 bits per heavy atom. The van der Waals surface area contributed by atoms with E-state index in [1.807, 2.05) is 6.07 Å². The van der Waals surface area contributed by atoms with Gasteiger partial charge in [0.25, 0.3) is 0 Å². The van der Waals surface area contributed by atoms with Gasteiger partial charge in [0.05, 0.1) is 18.7 Å². The van der Waals surface area contributed by atoms with E-state index in [1.165, 1.54) is 7.11 Å². The van der Waals surface area contributed by atoms with Crippen LogP contribution in [0.2, 0.25) is 0 Å². The van der Waals surface area contributed by atoms with Crippen molar-refractivity contribution < 1.29 is 14.3 Å². The Labute approximate surface area is 105 Å². The first kappa shape index (κ1) is 12.5. The van der Waals surface area contributed by atoms with Crippen LogP contribution in [0.4, 0.5) is 0 Å². The molecule has 0 aromatic heterocycles. The Morgan fingerprint density at radius 3 is 2.53 bits per heavy atom. The highest BCUT2D eigenvalue weighted by Crippen LogP contribution is 2.31. The minimum Gasteiger partial charge on any atom is -0.496 e. The zero-order valence-electron chi connectivity index (χ0n) is 8.29. The second kappa shape index (κ2) is 5.51. The van der Waals surface area contributed by atoms with Gasteiger partial charge in [-0.3, -0.25) is 4.79 Å². The molecule has 1 aromatic rings. The molecule has 0 aliphatic heterocycles. The summed E-state index contributed by atoms with van der Waals surface area (Å²) in [4.78, 5) is 10.8. The van der Waals surface area contributed by atoms with Crippen molar-refractivity contribution in [1.29, 1.82) is 0 Å². The summed E-state index contributed by atoms with van der Waals surface area (Å²) in [5.74, 6) is 0.399. The van der Waals surface area contributed by atoms with Crippen LogP contribution >= 0.6 is 31.9 Å². The molecule has 0 N–H and O–H groups in total. The van der Waals surface area contributed by atoms with Crippen LogP contribution in [0.25, 0.3) is 0 Å². The highest BCUT2D eigenvalue weighted by atomic mass is 79.9. The van der Waals surface area contributed by atoms with E-state index < -0.39 is 4.83 Å². The van der Waals surface area contributed by atoms with Gasteiger partial charge in [0.1, 0.15) is 10.6 Å². The van der Waals surface area contributed by atoms with Crippen LogP contribution in [-0.4, -0.2) is 20.2 Å². The lowest BCUT2D eigenvalue weighted by atomic mass is 10.1. The SMILES string of the molecule is COC(=O)C(Br)c1ccc(OC)c(Br)c1. The molecule has 0 aliphatic rings. The normalized spacial score (nSPS) is 12.0. The molecular formula is C10H10Br2O3. The highest BCUT2D eigenvalue weighted by molar-refractivity contribution is 9.10. The molecule has 1 aromatic carbocycles. The van der Waals surface area contributed by atoms with E-state index in [1.54, 1.807) is 19.2 Å². The molecule has 0 radical (unpaired) electrons. The highest BCUT2D eigenvalue weighted by Gasteiger charge is 2.18. The molecule has 0 fully saturated rings. The van der Waals surface area contributed by atoms with E-state index in [9.17, 15) is 4.79 Å². The Bertz CT molecular complexity index is 366. The van der Waals surface area contributed by atoms with Crippen molar-refractivity contribution in [1.82, 2.24) is 0 Å². The zero-order valence-corrected chi connectivity index (χ0v) is 11.5. The zero-order chi connectivity index (χ0) is 11.4. The number of carbonyl (C=O) groups excluding carboxylic acids is 1. The number of methoxy groups -OCH3 is 2. The van der Waals surface area contributed by atoms with Gasteiger partial charge in [0, 0.05) is 0 Å². The monoisotopic (exact) mass is 336 g/mol. The Morgan fingerprint density at radius 2 is 2.07 bits per heavy atom.